The van der Waals surface area contributed by atoms with Crippen LogP contribution in [0.4, 0.5) is 5.82 Å². The molecule has 0 aliphatic carbocycles. The largest absolute Gasteiger partial charge is 0.458 e. The second-order valence-electron chi connectivity index (χ2n) is 6.14. The Morgan fingerprint density at radius 3 is 2.67 bits per heavy atom. The van der Waals surface area contributed by atoms with Crippen LogP contribution in [0.5, 0.6) is 0 Å². The zero-order chi connectivity index (χ0) is 15.6. The summed E-state index contributed by atoms with van der Waals surface area (Å²) in [5.41, 5.74) is 0.0120. The van der Waals surface area contributed by atoms with Crippen molar-refractivity contribution in [2.45, 2.75) is 46.3 Å². The molecule has 0 bridgehead atoms. The molecule has 2 heterocycles. The Balaban J connectivity index is 2.17. The predicted molar refractivity (Wildman–Crippen MR) is 76.7 cm³/mol. The third-order valence-electron chi connectivity index (χ3n) is 2.70. The summed E-state index contributed by atoms with van der Waals surface area (Å²) < 4.78 is 6.73. The molecule has 0 aliphatic heterocycles. The minimum Gasteiger partial charge on any atom is -0.458 e. The second kappa shape index (κ2) is 5.63. The van der Waals surface area contributed by atoms with Crippen molar-refractivity contribution in [3.8, 4) is 0 Å². The van der Waals surface area contributed by atoms with Gasteiger partial charge in [0.2, 0.25) is 0 Å². The van der Waals surface area contributed by atoms with Gasteiger partial charge in [-0.05, 0) is 49.2 Å². The molecular weight excluding hydrogens is 272 g/mol. The number of nitrogens with one attached hydrogen (secondary N) is 1. The van der Waals surface area contributed by atoms with Crippen LogP contribution >= 0.6 is 0 Å². The smallest absolute Gasteiger partial charge is 0.329 e. The van der Waals surface area contributed by atoms with Crippen LogP contribution in [-0.2, 0) is 9.53 Å². The summed E-state index contributed by atoms with van der Waals surface area (Å²) in [6.45, 7) is 9.41. The number of tetrazole rings is 1. The van der Waals surface area contributed by atoms with Gasteiger partial charge in [-0.2, -0.15) is 0 Å². The fourth-order valence-electron chi connectivity index (χ4n) is 1.75. The summed E-state index contributed by atoms with van der Waals surface area (Å²) in [4.78, 5) is 12.3. The molecule has 8 heteroatoms. The molecule has 1 N–H and O–H groups in total. The van der Waals surface area contributed by atoms with E-state index in [2.05, 4.69) is 25.9 Å². The van der Waals surface area contributed by atoms with Crippen molar-refractivity contribution in [1.82, 2.24) is 25.3 Å². The Bertz CT molecular complexity index is 631. The minimum atomic E-state index is -0.529. The highest BCUT2D eigenvalue weighted by molar-refractivity contribution is 5.79. The maximum absolute atomic E-state index is 12.3. The number of hydrogen-bond donors (Lipinski definition) is 1. The van der Waals surface area contributed by atoms with Gasteiger partial charge in [0.1, 0.15) is 17.5 Å². The van der Waals surface area contributed by atoms with Crippen molar-refractivity contribution in [1.29, 1.82) is 0 Å². The average molecular weight is 292 g/mol. The van der Waals surface area contributed by atoms with Gasteiger partial charge in [0.25, 0.3) is 0 Å². The number of anilines is 1. The molecule has 2 rings (SSSR count). The lowest BCUT2D eigenvalue weighted by molar-refractivity contribution is -0.156. The Hall–Kier alpha value is -2.25. The average Bonchev–Trinajstić information content (AvgIpc) is 2.80. The maximum Gasteiger partial charge on any atom is 0.329 e. The molecule has 2 aromatic rings. The highest BCUT2D eigenvalue weighted by Crippen LogP contribution is 2.16. The number of fused-ring (bicyclic) bond motifs is 1. The van der Waals surface area contributed by atoms with Crippen LogP contribution in [0, 0.1) is 5.92 Å². The van der Waals surface area contributed by atoms with Crippen molar-refractivity contribution < 1.29 is 9.53 Å². The third kappa shape index (κ3) is 3.87. The van der Waals surface area contributed by atoms with Gasteiger partial charge in [0.15, 0.2) is 5.65 Å². The second-order valence-corrected chi connectivity index (χ2v) is 6.14. The van der Waals surface area contributed by atoms with Crippen LogP contribution in [-0.4, -0.2) is 42.9 Å². The monoisotopic (exact) mass is 292 g/mol. The van der Waals surface area contributed by atoms with Crippen molar-refractivity contribution in [2.75, 3.05) is 5.32 Å². The first-order valence-corrected chi connectivity index (χ1v) is 6.81. The van der Waals surface area contributed by atoms with Crippen LogP contribution in [0.15, 0.2) is 12.1 Å². The quantitative estimate of drug-likeness (QED) is 0.849. The van der Waals surface area contributed by atoms with E-state index in [0.717, 1.165) is 0 Å². The molecular formula is C13H20N6O2. The standard InChI is InChI=1S/C13H20N6O2/c1-8(2)11(12(20)21-13(3,4)5)14-9-6-7-10-15-17-18-19(10)16-9/h6-8,11H,1-5H3,(H,14,16)/t11-/m1/s1. The Morgan fingerprint density at radius 2 is 2.05 bits per heavy atom. The normalized spacial score (nSPS) is 13.4. The molecule has 0 spiro atoms. The van der Waals surface area contributed by atoms with Crippen LogP contribution in [0.2, 0.25) is 0 Å². The van der Waals surface area contributed by atoms with Crippen LogP contribution in [0.25, 0.3) is 5.65 Å². The molecule has 0 radical (unpaired) electrons. The van der Waals surface area contributed by atoms with Gasteiger partial charge in [-0.15, -0.1) is 14.8 Å². The molecule has 0 unspecified atom stereocenters. The number of hydrogen-bond acceptors (Lipinski definition) is 7. The van der Waals surface area contributed by atoms with E-state index in [1.165, 1.54) is 4.63 Å². The lowest BCUT2D eigenvalue weighted by Gasteiger charge is -2.26. The number of nitrogens with zero attached hydrogens (tertiary/aromatic N) is 5. The van der Waals surface area contributed by atoms with Crippen molar-refractivity contribution in [2.24, 2.45) is 5.92 Å². The van der Waals surface area contributed by atoms with Crippen LogP contribution in [0.1, 0.15) is 34.6 Å². The summed E-state index contributed by atoms with van der Waals surface area (Å²) in [5, 5.41) is 18.3. The molecule has 0 saturated carbocycles. The number of carbonyl (C=O) groups is 1. The number of ether oxygens (including phenoxy) is 1. The van der Waals surface area contributed by atoms with Crippen LogP contribution < -0.4 is 5.32 Å². The first-order chi connectivity index (χ1) is 9.76. The Morgan fingerprint density at radius 1 is 1.33 bits per heavy atom. The highest BCUT2D eigenvalue weighted by atomic mass is 16.6. The van der Waals surface area contributed by atoms with Crippen molar-refractivity contribution in [3.05, 3.63) is 12.1 Å². The molecule has 1 atom stereocenters. The summed E-state index contributed by atoms with van der Waals surface area (Å²) in [5.74, 6) is 0.252. The lowest BCUT2D eigenvalue weighted by Crippen LogP contribution is -2.40. The molecule has 0 saturated heterocycles. The number of esters is 1. The van der Waals surface area contributed by atoms with E-state index in [1.54, 1.807) is 12.1 Å². The van der Waals surface area contributed by atoms with Crippen LogP contribution in [0.3, 0.4) is 0 Å². The van der Waals surface area contributed by atoms with E-state index in [4.69, 9.17) is 4.74 Å². The van der Waals surface area contributed by atoms with E-state index in [-0.39, 0.29) is 11.9 Å². The molecule has 0 amide bonds. The summed E-state index contributed by atoms with van der Waals surface area (Å²) in [6, 6.07) is 2.96. The van der Waals surface area contributed by atoms with Gasteiger partial charge in [0, 0.05) is 0 Å². The van der Waals surface area contributed by atoms with E-state index in [9.17, 15) is 4.79 Å². The SMILES string of the molecule is CC(C)[C@@H](Nc1ccc2nnnn2n1)C(=O)OC(C)(C)C. The van der Waals surface area contributed by atoms with Gasteiger partial charge in [0.05, 0.1) is 0 Å². The molecule has 114 valence electrons. The molecule has 0 fully saturated rings. The summed E-state index contributed by atoms with van der Waals surface area (Å²) in [6.07, 6.45) is 0. The maximum atomic E-state index is 12.3. The Labute approximate surface area is 122 Å². The van der Waals surface area contributed by atoms with Gasteiger partial charge in [-0.3, -0.25) is 0 Å². The number of carbonyl (C=O) groups excluding carboxylic acids is 1. The zero-order valence-electron chi connectivity index (χ0n) is 12.9. The lowest BCUT2D eigenvalue weighted by atomic mass is 10.0. The summed E-state index contributed by atoms with van der Waals surface area (Å²) >= 11 is 0. The van der Waals surface area contributed by atoms with E-state index in [1.807, 2.05) is 34.6 Å². The Kier molecular flexibility index (Phi) is 4.06. The van der Waals surface area contributed by atoms with Gasteiger partial charge >= 0.3 is 5.97 Å². The minimum absolute atomic E-state index is 0.0474. The molecule has 0 aliphatic rings. The van der Waals surface area contributed by atoms with E-state index in [0.29, 0.717) is 11.5 Å². The van der Waals surface area contributed by atoms with E-state index >= 15 is 0 Å². The topological polar surface area (TPSA) is 94.3 Å². The number of aromatic nitrogens is 5. The highest BCUT2D eigenvalue weighted by Gasteiger charge is 2.28. The fourth-order valence-corrected chi connectivity index (χ4v) is 1.75. The predicted octanol–water partition coefficient (Wildman–Crippen LogP) is 1.30. The molecule has 21 heavy (non-hydrogen) atoms. The van der Waals surface area contributed by atoms with Gasteiger partial charge in [-0.1, -0.05) is 13.8 Å². The molecule has 0 aromatic carbocycles. The first kappa shape index (κ1) is 15.1. The first-order valence-electron chi connectivity index (χ1n) is 6.81. The fraction of sp³-hybridized carbons (Fsp3) is 0.615. The summed E-state index contributed by atoms with van der Waals surface area (Å²) in [7, 11) is 0. The van der Waals surface area contributed by atoms with Crippen molar-refractivity contribution >= 4 is 17.4 Å². The molecule has 8 nitrogen and oxygen atoms in total. The zero-order valence-corrected chi connectivity index (χ0v) is 12.9. The number of rotatable bonds is 4. The van der Waals surface area contributed by atoms with Gasteiger partial charge in [-0.25, -0.2) is 4.79 Å². The van der Waals surface area contributed by atoms with Gasteiger partial charge < -0.3 is 10.1 Å². The molecule has 2 aromatic heterocycles. The third-order valence-corrected chi connectivity index (χ3v) is 2.70. The van der Waals surface area contributed by atoms with Crippen molar-refractivity contribution in [3.63, 3.8) is 0 Å². The van der Waals surface area contributed by atoms with E-state index < -0.39 is 11.6 Å².